The van der Waals surface area contributed by atoms with Crippen molar-refractivity contribution in [1.82, 2.24) is 4.98 Å². The van der Waals surface area contributed by atoms with Gasteiger partial charge in [0.25, 0.3) is 0 Å². The van der Waals surface area contributed by atoms with Crippen molar-refractivity contribution in [2.24, 2.45) is 10.8 Å². The van der Waals surface area contributed by atoms with Gasteiger partial charge in [0.1, 0.15) is 5.76 Å². The monoisotopic (exact) mass is 911 g/mol. The summed E-state index contributed by atoms with van der Waals surface area (Å²) < 4.78 is 1.25. The minimum absolute atomic E-state index is 0. The van der Waals surface area contributed by atoms with Crippen LogP contribution in [0.4, 0.5) is 0 Å². The van der Waals surface area contributed by atoms with Crippen molar-refractivity contribution in [2.75, 3.05) is 0 Å². The molecule has 1 N–H and O–H groups in total. The standard InChI is InChI=1S/C31H32NSSi.C15H28O2.Ir/c1-20(2)28-18-25(17-24-9-7-8-10-27(24)28)29-31-26(15-16-32-29)21(3)30(33-31)23-13-11-22(12-14-23)19-34(4,5)6;1-7-14(5,8-2)12(16)11-13(17)15(6,9-3)10-4;/h7-16,18,20H,19H2,1-6H3;11,16H,7-10H2,1-6H3;/q-1;;/b;12-11-;. The van der Waals surface area contributed by atoms with Gasteiger partial charge in [0.05, 0.1) is 0 Å². The quantitative estimate of drug-likeness (QED) is 0.0587. The van der Waals surface area contributed by atoms with Crippen LogP contribution in [0.2, 0.25) is 19.6 Å². The number of allylic oxidation sites excluding steroid dienone is 2. The molecule has 52 heavy (non-hydrogen) atoms. The summed E-state index contributed by atoms with van der Waals surface area (Å²) in [5.74, 6) is 0.724. The average Bonchev–Trinajstić information content (AvgIpc) is 3.46. The minimum atomic E-state index is -1.12. The van der Waals surface area contributed by atoms with E-state index in [1.54, 1.807) is 0 Å². The molecule has 6 heteroatoms. The van der Waals surface area contributed by atoms with Crippen molar-refractivity contribution in [3.63, 3.8) is 0 Å². The van der Waals surface area contributed by atoms with Crippen LogP contribution in [0.25, 0.3) is 42.6 Å². The van der Waals surface area contributed by atoms with Crippen LogP contribution in [-0.4, -0.2) is 23.9 Å². The van der Waals surface area contributed by atoms with E-state index in [2.05, 4.69) is 107 Å². The molecule has 281 valence electrons. The number of hydrogen-bond donors (Lipinski definition) is 1. The number of aromatic nitrogens is 1. The third kappa shape index (κ3) is 9.80. The number of carbonyl (C=O) groups excluding carboxylic acids is 1. The molecule has 0 bridgehead atoms. The molecule has 0 saturated heterocycles. The Kier molecular flexibility index (Phi) is 15.0. The Bertz CT molecular complexity index is 1990. The molecule has 0 amide bonds. The largest absolute Gasteiger partial charge is 0.512 e. The zero-order chi connectivity index (χ0) is 37.7. The second-order valence-corrected chi connectivity index (χ2v) is 22.8. The Balaban J connectivity index is 0.000000347. The van der Waals surface area contributed by atoms with E-state index < -0.39 is 8.07 Å². The third-order valence-electron chi connectivity index (χ3n) is 11.1. The molecule has 0 unspecified atom stereocenters. The Morgan fingerprint density at radius 1 is 0.904 bits per heavy atom. The van der Waals surface area contributed by atoms with E-state index in [0.717, 1.165) is 42.3 Å². The number of thiophene rings is 1. The first-order chi connectivity index (χ1) is 24.0. The van der Waals surface area contributed by atoms with Crippen molar-refractivity contribution in [1.29, 1.82) is 0 Å². The molecule has 0 aliphatic rings. The van der Waals surface area contributed by atoms with Crippen LogP contribution in [0.3, 0.4) is 0 Å². The third-order valence-corrected chi connectivity index (χ3v) is 13.9. The molecule has 5 rings (SSSR count). The molecule has 1 radical (unpaired) electrons. The molecule has 0 aliphatic carbocycles. The van der Waals surface area contributed by atoms with Gasteiger partial charge in [-0.05, 0) is 67.1 Å². The van der Waals surface area contributed by atoms with Gasteiger partial charge in [0.2, 0.25) is 0 Å². The van der Waals surface area contributed by atoms with Gasteiger partial charge in [0, 0.05) is 66.6 Å². The van der Waals surface area contributed by atoms with Crippen molar-refractivity contribution < 1.29 is 30.0 Å². The zero-order valence-electron chi connectivity index (χ0n) is 33.6. The van der Waals surface area contributed by atoms with E-state index in [-0.39, 0.29) is 42.5 Å². The van der Waals surface area contributed by atoms with Crippen molar-refractivity contribution in [3.05, 3.63) is 101 Å². The van der Waals surface area contributed by atoms with Crippen LogP contribution in [0, 0.1) is 23.8 Å². The van der Waals surface area contributed by atoms with Crippen LogP contribution in [0.1, 0.15) is 104 Å². The molecule has 0 aliphatic heterocycles. The summed E-state index contributed by atoms with van der Waals surface area (Å²) in [4.78, 5) is 18.4. The summed E-state index contributed by atoms with van der Waals surface area (Å²) in [5, 5.41) is 13.9. The van der Waals surface area contributed by atoms with Gasteiger partial charge in [-0.1, -0.05) is 134 Å². The summed E-state index contributed by atoms with van der Waals surface area (Å²) in [6.45, 7) is 26.1. The first-order valence-corrected chi connectivity index (χ1v) is 23.4. The van der Waals surface area contributed by atoms with Crippen LogP contribution in [0.15, 0.2) is 78.7 Å². The first-order valence-electron chi connectivity index (χ1n) is 18.9. The number of fused-ring (bicyclic) bond motifs is 2. The predicted octanol–water partition coefficient (Wildman–Crippen LogP) is 14.1. The number of hydrogen-bond acceptors (Lipinski definition) is 4. The van der Waals surface area contributed by atoms with Crippen LogP contribution >= 0.6 is 11.3 Å². The Hall–Kier alpha value is -2.89. The number of nitrogens with zero attached hydrogens (tertiary/aromatic N) is 1. The number of aliphatic hydroxyl groups is 1. The van der Waals surface area contributed by atoms with E-state index in [1.165, 1.54) is 54.7 Å². The summed E-state index contributed by atoms with van der Waals surface area (Å²) in [7, 11) is -1.12. The van der Waals surface area contributed by atoms with E-state index in [4.69, 9.17) is 4.98 Å². The fourth-order valence-electron chi connectivity index (χ4n) is 6.55. The van der Waals surface area contributed by atoms with Gasteiger partial charge in [0.15, 0.2) is 5.78 Å². The normalized spacial score (nSPS) is 12.5. The minimum Gasteiger partial charge on any atom is -0.512 e. The van der Waals surface area contributed by atoms with E-state index in [0.29, 0.717) is 5.92 Å². The topological polar surface area (TPSA) is 50.2 Å². The summed E-state index contributed by atoms with van der Waals surface area (Å²) >= 11 is 1.86. The molecule has 0 spiro atoms. The summed E-state index contributed by atoms with van der Waals surface area (Å²) in [6.07, 6.45) is 6.71. The van der Waals surface area contributed by atoms with Gasteiger partial charge in [-0.25, -0.2) is 0 Å². The molecule has 2 heterocycles. The number of benzene rings is 3. The Labute approximate surface area is 332 Å². The number of rotatable bonds is 12. The van der Waals surface area contributed by atoms with E-state index in [9.17, 15) is 9.90 Å². The summed E-state index contributed by atoms with van der Waals surface area (Å²) in [6, 6.07) is 27.2. The molecular weight excluding hydrogens is 851 g/mol. The van der Waals surface area contributed by atoms with E-state index in [1.807, 2.05) is 59.1 Å². The van der Waals surface area contributed by atoms with Crippen molar-refractivity contribution >= 4 is 46.1 Å². The zero-order valence-corrected chi connectivity index (χ0v) is 37.8. The molecule has 5 aromatic rings. The molecule has 0 fully saturated rings. The second-order valence-electron chi connectivity index (χ2n) is 16.3. The fourth-order valence-corrected chi connectivity index (χ4v) is 9.32. The van der Waals surface area contributed by atoms with Gasteiger partial charge < -0.3 is 5.11 Å². The smallest absolute Gasteiger partial charge is 0.164 e. The fraction of sp³-hybridized carbons (Fsp3) is 0.435. The van der Waals surface area contributed by atoms with Crippen molar-refractivity contribution in [3.8, 4) is 21.7 Å². The maximum atomic E-state index is 12.2. The molecule has 2 aromatic heterocycles. The number of ketones is 1. The average molecular weight is 911 g/mol. The number of aryl methyl sites for hydroxylation is 1. The Morgan fingerprint density at radius 3 is 2.06 bits per heavy atom. The number of carbonyl (C=O) groups is 1. The molecule has 0 saturated carbocycles. The van der Waals surface area contributed by atoms with Gasteiger partial charge >= 0.3 is 0 Å². The van der Waals surface area contributed by atoms with Gasteiger partial charge in [-0.3, -0.25) is 9.78 Å². The second kappa shape index (κ2) is 18.0. The Morgan fingerprint density at radius 2 is 1.50 bits per heavy atom. The number of pyridine rings is 1. The van der Waals surface area contributed by atoms with E-state index >= 15 is 0 Å². The van der Waals surface area contributed by atoms with Crippen LogP contribution < -0.4 is 0 Å². The van der Waals surface area contributed by atoms with Gasteiger partial charge in [-0.2, -0.15) is 0 Å². The number of aliphatic hydroxyl groups excluding tert-OH is 1. The molecule has 0 atom stereocenters. The van der Waals surface area contributed by atoms with Crippen LogP contribution in [-0.2, 0) is 30.9 Å². The van der Waals surface area contributed by atoms with Gasteiger partial charge in [-0.15, -0.1) is 40.5 Å². The summed E-state index contributed by atoms with van der Waals surface area (Å²) in [5.41, 5.74) is 6.98. The maximum Gasteiger partial charge on any atom is 0.164 e. The molecule has 3 aromatic carbocycles. The first kappa shape index (κ1) is 43.5. The molecule has 3 nitrogen and oxygen atoms in total. The molecular formula is C46H60IrNO2SSi-. The van der Waals surface area contributed by atoms with Crippen LogP contribution in [0.5, 0.6) is 0 Å². The SMILES string of the molecule is CCC(C)(CC)C(=O)/C=C(\O)C(C)(CC)CC.Cc1c(-c2ccc(C[Si](C)(C)C)cc2)sc2c(-c3[c-]c4ccccc4c(C(C)C)c3)nccc12.[Ir]. The predicted molar refractivity (Wildman–Crippen MR) is 226 cm³/mol. The van der Waals surface area contributed by atoms with Crippen molar-refractivity contribution in [2.45, 2.75) is 120 Å². The maximum absolute atomic E-state index is 12.2.